The molecule has 0 saturated heterocycles. The number of benzene rings is 1. The van der Waals surface area contributed by atoms with Crippen LogP contribution in [0.1, 0.15) is 39.5 Å². The maximum absolute atomic E-state index is 12.2. The summed E-state index contributed by atoms with van der Waals surface area (Å²) in [6.07, 6.45) is 5.41. The molecule has 1 aromatic carbocycles. The molecule has 1 N–H and O–H groups in total. The number of hydrogen-bond donors (Lipinski definition) is 1. The summed E-state index contributed by atoms with van der Waals surface area (Å²) in [4.78, 5) is 12.2. The van der Waals surface area contributed by atoms with E-state index >= 15 is 0 Å². The molecule has 136 valence electrons. The van der Waals surface area contributed by atoms with E-state index in [4.69, 9.17) is 11.6 Å². The lowest BCUT2D eigenvalue weighted by molar-refractivity contribution is -0.119. The predicted octanol–water partition coefficient (Wildman–Crippen LogP) is 3.44. The highest BCUT2D eigenvalue weighted by atomic mass is 35.5. The van der Waals surface area contributed by atoms with E-state index in [-0.39, 0.29) is 12.5 Å². The van der Waals surface area contributed by atoms with Gasteiger partial charge in [-0.3, -0.25) is 9.10 Å². The molecule has 0 aliphatic rings. The number of carbonyl (C=O) groups is 1. The van der Waals surface area contributed by atoms with E-state index in [0.717, 1.165) is 36.2 Å². The Labute approximate surface area is 150 Å². The van der Waals surface area contributed by atoms with Gasteiger partial charge in [0.2, 0.25) is 15.9 Å². The van der Waals surface area contributed by atoms with Crippen molar-refractivity contribution in [2.75, 3.05) is 23.7 Å². The molecule has 0 radical (unpaired) electrons. The van der Waals surface area contributed by atoms with Crippen LogP contribution in [0.4, 0.5) is 5.69 Å². The fraction of sp³-hybridized carbons (Fsp3) is 0.588. The number of nitrogens with zero attached hydrogens (tertiary/aromatic N) is 1. The molecule has 0 bridgehead atoms. The average Bonchev–Trinajstić information content (AvgIpc) is 2.53. The van der Waals surface area contributed by atoms with Crippen LogP contribution in [0.25, 0.3) is 0 Å². The van der Waals surface area contributed by atoms with Gasteiger partial charge in [-0.1, -0.05) is 44.7 Å². The predicted molar refractivity (Wildman–Crippen MR) is 100.0 cm³/mol. The summed E-state index contributed by atoms with van der Waals surface area (Å²) in [6, 6.07) is 6.38. The Kier molecular flexibility index (Phi) is 8.56. The van der Waals surface area contributed by atoms with Crippen LogP contribution < -0.4 is 9.62 Å². The topological polar surface area (TPSA) is 66.5 Å². The number of nitrogens with one attached hydrogen (secondary N) is 1. The SMILES string of the molecule is CCCC[C@H](CC)CNC(=O)CN(c1ccc(Cl)cc1)S(C)(=O)=O. The maximum Gasteiger partial charge on any atom is 0.240 e. The van der Waals surface area contributed by atoms with Crippen molar-refractivity contribution in [3.05, 3.63) is 29.3 Å². The third kappa shape index (κ3) is 7.09. The third-order valence-corrected chi connectivity index (χ3v) is 5.33. The molecule has 0 aromatic heterocycles. The van der Waals surface area contributed by atoms with E-state index < -0.39 is 10.0 Å². The van der Waals surface area contributed by atoms with Gasteiger partial charge >= 0.3 is 0 Å². The Balaban J connectivity index is 2.70. The van der Waals surface area contributed by atoms with Gasteiger partial charge in [0, 0.05) is 11.6 Å². The molecule has 0 heterocycles. The van der Waals surface area contributed by atoms with Crippen molar-refractivity contribution < 1.29 is 13.2 Å². The minimum absolute atomic E-state index is 0.231. The summed E-state index contributed by atoms with van der Waals surface area (Å²) in [5.74, 6) is 0.126. The van der Waals surface area contributed by atoms with Crippen LogP contribution in [0.5, 0.6) is 0 Å². The number of carbonyl (C=O) groups excluding carboxylic acids is 1. The van der Waals surface area contributed by atoms with Crippen molar-refractivity contribution in [1.82, 2.24) is 5.32 Å². The highest BCUT2D eigenvalue weighted by Crippen LogP contribution is 2.20. The molecule has 0 fully saturated rings. The maximum atomic E-state index is 12.2. The van der Waals surface area contributed by atoms with Crippen LogP contribution in [0, 0.1) is 5.92 Å². The zero-order chi connectivity index (χ0) is 18.2. The van der Waals surface area contributed by atoms with Crippen LogP contribution in [0.3, 0.4) is 0 Å². The Morgan fingerprint density at radius 1 is 1.25 bits per heavy atom. The van der Waals surface area contributed by atoms with Gasteiger partial charge in [0.05, 0.1) is 11.9 Å². The largest absolute Gasteiger partial charge is 0.354 e. The summed E-state index contributed by atoms with van der Waals surface area (Å²) in [5, 5.41) is 3.37. The smallest absolute Gasteiger partial charge is 0.240 e. The van der Waals surface area contributed by atoms with Gasteiger partial charge in [0.25, 0.3) is 0 Å². The Hall–Kier alpha value is -1.27. The van der Waals surface area contributed by atoms with Crippen molar-refractivity contribution in [3.63, 3.8) is 0 Å². The highest BCUT2D eigenvalue weighted by Gasteiger charge is 2.21. The minimum atomic E-state index is -3.55. The average molecular weight is 375 g/mol. The van der Waals surface area contributed by atoms with Gasteiger partial charge in [-0.2, -0.15) is 0 Å². The summed E-state index contributed by atoms with van der Waals surface area (Å²) < 4.78 is 25.1. The summed E-state index contributed by atoms with van der Waals surface area (Å²) in [6.45, 7) is 4.59. The summed E-state index contributed by atoms with van der Waals surface area (Å²) in [5.41, 5.74) is 0.426. The van der Waals surface area contributed by atoms with Crippen molar-refractivity contribution >= 4 is 33.2 Å². The first kappa shape index (κ1) is 20.8. The molecule has 1 amide bonds. The first-order chi connectivity index (χ1) is 11.3. The molecule has 1 rings (SSSR count). The molecular formula is C17H27ClN2O3S. The zero-order valence-electron chi connectivity index (χ0n) is 14.6. The van der Waals surface area contributed by atoms with E-state index in [1.807, 2.05) is 0 Å². The van der Waals surface area contributed by atoms with Crippen molar-refractivity contribution in [2.45, 2.75) is 39.5 Å². The number of rotatable bonds is 10. The standard InChI is InChI=1S/C17H27ClN2O3S/c1-4-6-7-14(5-2)12-19-17(21)13-20(24(3,22)23)16-10-8-15(18)9-11-16/h8-11,14H,4-7,12-13H2,1-3H3,(H,19,21)/t14-/m0/s1. The van der Waals surface area contributed by atoms with Gasteiger partial charge in [-0.15, -0.1) is 0 Å². The molecule has 0 saturated carbocycles. The lowest BCUT2D eigenvalue weighted by atomic mass is 9.99. The number of halogens is 1. The van der Waals surface area contributed by atoms with Gasteiger partial charge in [-0.05, 0) is 36.6 Å². The van der Waals surface area contributed by atoms with Crippen LogP contribution in [0.2, 0.25) is 5.02 Å². The molecule has 24 heavy (non-hydrogen) atoms. The summed E-state index contributed by atoms with van der Waals surface area (Å²) >= 11 is 5.83. The fourth-order valence-electron chi connectivity index (χ4n) is 2.40. The quantitative estimate of drug-likeness (QED) is 0.682. The van der Waals surface area contributed by atoms with Crippen LogP contribution in [0.15, 0.2) is 24.3 Å². The Morgan fingerprint density at radius 3 is 2.38 bits per heavy atom. The van der Waals surface area contributed by atoms with E-state index in [2.05, 4.69) is 19.2 Å². The molecule has 1 atom stereocenters. The fourth-order valence-corrected chi connectivity index (χ4v) is 3.38. The molecule has 0 spiro atoms. The van der Waals surface area contributed by atoms with Crippen LogP contribution in [-0.4, -0.2) is 33.7 Å². The lowest BCUT2D eigenvalue weighted by Gasteiger charge is -2.23. The van der Waals surface area contributed by atoms with Gasteiger partial charge < -0.3 is 5.32 Å². The molecule has 0 aliphatic heterocycles. The molecule has 1 aromatic rings. The van der Waals surface area contributed by atoms with Crippen molar-refractivity contribution in [3.8, 4) is 0 Å². The van der Waals surface area contributed by atoms with E-state index in [9.17, 15) is 13.2 Å². The van der Waals surface area contributed by atoms with E-state index in [0.29, 0.717) is 23.2 Å². The van der Waals surface area contributed by atoms with E-state index in [1.54, 1.807) is 24.3 Å². The first-order valence-electron chi connectivity index (χ1n) is 8.27. The third-order valence-electron chi connectivity index (χ3n) is 3.93. The molecule has 0 unspecified atom stereocenters. The minimum Gasteiger partial charge on any atom is -0.354 e. The molecule has 7 heteroatoms. The number of amides is 1. The second-order valence-electron chi connectivity index (χ2n) is 5.97. The van der Waals surface area contributed by atoms with Crippen LogP contribution in [-0.2, 0) is 14.8 Å². The van der Waals surface area contributed by atoms with Crippen LogP contribution >= 0.6 is 11.6 Å². The number of hydrogen-bond acceptors (Lipinski definition) is 3. The zero-order valence-corrected chi connectivity index (χ0v) is 16.2. The number of anilines is 1. The lowest BCUT2D eigenvalue weighted by Crippen LogP contribution is -2.41. The Morgan fingerprint density at radius 2 is 1.88 bits per heavy atom. The molecular weight excluding hydrogens is 348 g/mol. The highest BCUT2D eigenvalue weighted by molar-refractivity contribution is 7.92. The monoisotopic (exact) mass is 374 g/mol. The number of unbranched alkanes of at least 4 members (excludes halogenated alkanes) is 1. The van der Waals surface area contributed by atoms with Crippen molar-refractivity contribution in [1.29, 1.82) is 0 Å². The van der Waals surface area contributed by atoms with Gasteiger partial charge in [0.15, 0.2) is 0 Å². The normalized spacial score (nSPS) is 12.7. The Bertz CT molecular complexity index is 617. The second kappa shape index (κ2) is 9.89. The first-order valence-corrected chi connectivity index (χ1v) is 10.5. The van der Waals surface area contributed by atoms with Gasteiger partial charge in [0.1, 0.15) is 6.54 Å². The molecule has 0 aliphatic carbocycles. The van der Waals surface area contributed by atoms with Crippen molar-refractivity contribution in [2.24, 2.45) is 5.92 Å². The van der Waals surface area contributed by atoms with Gasteiger partial charge in [-0.25, -0.2) is 8.42 Å². The molecule has 5 nitrogen and oxygen atoms in total. The number of sulfonamides is 1. The van der Waals surface area contributed by atoms with E-state index in [1.165, 1.54) is 0 Å². The second-order valence-corrected chi connectivity index (χ2v) is 8.31. The summed E-state index contributed by atoms with van der Waals surface area (Å²) in [7, 11) is -3.55.